The normalized spacial score (nSPS) is 12.9. The van der Waals surface area contributed by atoms with Crippen LogP contribution in [0.3, 0.4) is 0 Å². The van der Waals surface area contributed by atoms with Crippen molar-refractivity contribution in [1.82, 2.24) is 10.6 Å². The second-order valence-corrected chi connectivity index (χ2v) is 20.2. The zero-order valence-corrected chi connectivity index (χ0v) is 44.0. The molecule has 0 radical (unpaired) electrons. The quantitative estimate of drug-likeness (QED) is 0.0339. The smallest absolute Gasteiger partial charge is 0.330 e. The number of carbonyl (C=O) groups is 5. The van der Waals surface area contributed by atoms with Gasteiger partial charge in [-0.3, -0.25) is 19.2 Å². The highest BCUT2D eigenvalue weighted by Crippen LogP contribution is 2.20. The summed E-state index contributed by atoms with van der Waals surface area (Å²) in [7, 11) is 1.59. The van der Waals surface area contributed by atoms with Crippen molar-refractivity contribution in [3.63, 3.8) is 0 Å². The van der Waals surface area contributed by atoms with Crippen molar-refractivity contribution in [2.24, 2.45) is 0 Å². The van der Waals surface area contributed by atoms with Gasteiger partial charge in [-0.25, -0.2) is 4.79 Å². The summed E-state index contributed by atoms with van der Waals surface area (Å²) < 4.78 is 34.1. The zero-order chi connectivity index (χ0) is 49.5. The monoisotopic (exact) mass is 941 g/mol. The average Bonchev–Trinajstić information content (AvgIpc) is 3.25. The van der Waals surface area contributed by atoms with Crippen LogP contribution in [0.2, 0.25) is 0 Å². The van der Waals surface area contributed by atoms with Crippen molar-refractivity contribution in [2.75, 3.05) is 40.1 Å². The summed E-state index contributed by atoms with van der Waals surface area (Å²) in [5.74, 6) is -2.60. The molecule has 0 aliphatic carbocycles. The second-order valence-electron chi connectivity index (χ2n) is 20.2. The van der Waals surface area contributed by atoms with Crippen molar-refractivity contribution in [2.45, 2.75) is 271 Å². The molecule has 2 amide bonds. The highest BCUT2D eigenvalue weighted by molar-refractivity contribution is 5.86. The molecule has 13 nitrogen and oxygen atoms in total. The molecule has 0 saturated heterocycles. The summed E-state index contributed by atoms with van der Waals surface area (Å²) in [6.45, 7) is 16.9. The van der Waals surface area contributed by atoms with Crippen molar-refractivity contribution in [3.05, 3.63) is 0 Å². The Morgan fingerprint density at radius 3 is 1.35 bits per heavy atom. The van der Waals surface area contributed by atoms with E-state index in [0.717, 1.165) is 38.5 Å². The van der Waals surface area contributed by atoms with Gasteiger partial charge in [0.05, 0.1) is 36.3 Å². The summed E-state index contributed by atoms with van der Waals surface area (Å²) in [4.78, 5) is 65.9. The molecule has 2 atom stereocenters. The maximum Gasteiger partial charge on any atom is 0.330 e. The molecule has 0 fully saturated rings. The minimum Gasteiger partial charge on any atom is -0.462 e. The number of rotatable bonds is 45. The standard InChI is InChI=1S/C53H100N2O11/c1-11-14-16-18-20-22-24-26-28-30-32-34-36-48(58)62-41-44(66-49(59)37-35-33-31-29-27-25-23-21-19-17-15-12-2)42-63-50(60)45(55-47(57)39-51(4,5)64-13-3)40-54-46(56)38-52(6,7)65-43-53(8,9)61-10/h44-45H,11-43H2,1-10H3,(H,54,56)(H,55,57). The van der Waals surface area contributed by atoms with E-state index in [1.807, 2.05) is 20.8 Å². The van der Waals surface area contributed by atoms with E-state index in [1.54, 1.807) is 34.8 Å². The molecule has 0 aromatic heterocycles. The summed E-state index contributed by atoms with van der Waals surface area (Å²) in [6.07, 6.45) is 27.5. The first kappa shape index (κ1) is 63.2. The predicted octanol–water partition coefficient (Wildman–Crippen LogP) is 11.6. The molecule has 0 rings (SSSR count). The number of hydrogen-bond donors (Lipinski definition) is 2. The Bertz CT molecular complexity index is 1270. The Morgan fingerprint density at radius 1 is 0.485 bits per heavy atom. The number of carbonyl (C=O) groups excluding carboxylic acids is 5. The number of hydrogen-bond acceptors (Lipinski definition) is 11. The van der Waals surface area contributed by atoms with Gasteiger partial charge in [0, 0.05) is 33.1 Å². The maximum atomic E-state index is 13.7. The first-order valence-electron chi connectivity index (χ1n) is 26.3. The second kappa shape index (κ2) is 39.1. The minimum atomic E-state index is -1.28. The Morgan fingerprint density at radius 2 is 0.894 bits per heavy atom. The van der Waals surface area contributed by atoms with Crippen LogP contribution in [0.1, 0.15) is 242 Å². The van der Waals surface area contributed by atoms with Gasteiger partial charge in [0.1, 0.15) is 19.3 Å². The molecule has 0 aliphatic heterocycles. The van der Waals surface area contributed by atoms with Crippen LogP contribution in [0.4, 0.5) is 0 Å². The van der Waals surface area contributed by atoms with Gasteiger partial charge in [0.25, 0.3) is 0 Å². The molecule has 0 aromatic rings. The third-order valence-electron chi connectivity index (χ3n) is 11.8. The van der Waals surface area contributed by atoms with E-state index in [1.165, 1.54) is 103 Å². The maximum absolute atomic E-state index is 13.7. The van der Waals surface area contributed by atoms with E-state index in [0.29, 0.717) is 19.4 Å². The van der Waals surface area contributed by atoms with E-state index >= 15 is 0 Å². The van der Waals surface area contributed by atoms with Gasteiger partial charge in [0.15, 0.2) is 6.10 Å². The number of nitrogens with one attached hydrogen (secondary N) is 2. The Hall–Kier alpha value is -2.77. The van der Waals surface area contributed by atoms with Crippen LogP contribution < -0.4 is 10.6 Å². The van der Waals surface area contributed by atoms with E-state index < -0.39 is 65.3 Å². The lowest BCUT2D eigenvalue weighted by Gasteiger charge is -2.31. The highest BCUT2D eigenvalue weighted by atomic mass is 16.6. The first-order valence-corrected chi connectivity index (χ1v) is 26.3. The van der Waals surface area contributed by atoms with Crippen LogP contribution in [-0.4, -0.2) is 98.8 Å². The lowest BCUT2D eigenvalue weighted by molar-refractivity contribution is -0.167. The fourth-order valence-electron chi connectivity index (χ4n) is 7.53. The summed E-state index contributed by atoms with van der Waals surface area (Å²) in [6, 6.07) is -1.28. The Labute approximate surface area is 402 Å². The van der Waals surface area contributed by atoms with Crippen molar-refractivity contribution in [1.29, 1.82) is 0 Å². The van der Waals surface area contributed by atoms with Gasteiger partial charge in [-0.05, 0) is 61.3 Å². The fourth-order valence-corrected chi connectivity index (χ4v) is 7.53. The minimum absolute atomic E-state index is 0.0261. The van der Waals surface area contributed by atoms with E-state index in [2.05, 4.69) is 24.5 Å². The van der Waals surface area contributed by atoms with Crippen molar-refractivity contribution < 1.29 is 52.4 Å². The van der Waals surface area contributed by atoms with Gasteiger partial charge in [0.2, 0.25) is 11.8 Å². The van der Waals surface area contributed by atoms with Crippen molar-refractivity contribution >= 4 is 29.7 Å². The first-order chi connectivity index (χ1) is 31.4. The number of esters is 3. The molecule has 66 heavy (non-hydrogen) atoms. The Balaban J connectivity index is 5.48. The van der Waals surface area contributed by atoms with Crippen LogP contribution in [0.25, 0.3) is 0 Å². The lowest BCUT2D eigenvalue weighted by atomic mass is 10.0. The summed E-state index contributed by atoms with van der Waals surface area (Å²) in [5.41, 5.74) is -2.21. The van der Waals surface area contributed by atoms with Crippen LogP contribution in [0, 0.1) is 0 Å². The molecule has 0 bridgehead atoms. The predicted molar refractivity (Wildman–Crippen MR) is 264 cm³/mol. The van der Waals surface area contributed by atoms with Crippen LogP contribution in [0.15, 0.2) is 0 Å². The average molecular weight is 941 g/mol. The third kappa shape index (κ3) is 38.2. The number of methoxy groups -OCH3 is 1. The zero-order valence-electron chi connectivity index (χ0n) is 44.0. The largest absolute Gasteiger partial charge is 0.462 e. The van der Waals surface area contributed by atoms with Gasteiger partial charge < -0.3 is 39.1 Å². The molecule has 13 heteroatoms. The highest BCUT2D eigenvalue weighted by Gasteiger charge is 2.31. The Kier molecular flexibility index (Phi) is 37.5. The third-order valence-corrected chi connectivity index (χ3v) is 11.8. The van der Waals surface area contributed by atoms with E-state index in [-0.39, 0.29) is 45.4 Å². The van der Waals surface area contributed by atoms with Gasteiger partial charge in [-0.15, -0.1) is 0 Å². The van der Waals surface area contributed by atoms with E-state index in [9.17, 15) is 24.0 Å². The van der Waals surface area contributed by atoms with Crippen LogP contribution in [-0.2, 0) is 52.4 Å². The van der Waals surface area contributed by atoms with Gasteiger partial charge >= 0.3 is 17.9 Å². The molecule has 0 aliphatic rings. The summed E-state index contributed by atoms with van der Waals surface area (Å²) in [5, 5.41) is 5.43. The lowest BCUT2D eigenvalue weighted by Crippen LogP contribution is -2.51. The summed E-state index contributed by atoms with van der Waals surface area (Å²) >= 11 is 0. The van der Waals surface area contributed by atoms with Crippen LogP contribution in [0.5, 0.6) is 0 Å². The van der Waals surface area contributed by atoms with Gasteiger partial charge in [-0.1, -0.05) is 155 Å². The molecule has 2 N–H and O–H groups in total. The van der Waals surface area contributed by atoms with E-state index in [4.69, 9.17) is 28.4 Å². The van der Waals surface area contributed by atoms with Gasteiger partial charge in [-0.2, -0.15) is 0 Å². The number of amides is 2. The van der Waals surface area contributed by atoms with Crippen LogP contribution >= 0.6 is 0 Å². The molecule has 0 aromatic carbocycles. The molecule has 0 saturated carbocycles. The number of ether oxygens (including phenoxy) is 6. The number of unbranched alkanes of at least 4 members (excludes halogenated alkanes) is 22. The molecular formula is C53H100N2O11. The fraction of sp³-hybridized carbons (Fsp3) is 0.906. The SMILES string of the molecule is CCCCCCCCCCCCCCC(=O)OCC(COC(=O)C(CNC(=O)CC(C)(C)OCC(C)(C)OC)NC(=O)CC(C)(C)OCC)OC(=O)CCCCCCCCCCCCCC. The molecule has 0 spiro atoms. The molecule has 388 valence electrons. The topological polar surface area (TPSA) is 165 Å². The molecule has 2 unspecified atom stereocenters. The molecule has 0 heterocycles. The van der Waals surface area contributed by atoms with Crippen molar-refractivity contribution in [3.8, 4) is 0 Å². The molecular weight excluding hydrogens is 841 g/mol.